The highest BCUT2D eigenvalue weighted by Gasteiger charge is 2.08. The lowest BCUT2D eigenvalue weighted by Crippen LogP contribution is -2.38. The van der Waals surface area contributed by atoms with Crippen molar-refractivity contribution in [3.05, 3.63) is 24.3 Å². The predicted octanol–water partition coefficient (Wildman–Crippen LogP) is 3.76. The van der Waals surface area contributed by atoms with Crippen molar-refractivity contribution in [2.24, 2.45) is 4.99 Å². The lowest BCUT2D eigenvalue weighted by molar-refractivity contribution is 0.219. The summed E-state index contributed by atoms with van der Waals surface area (Å²) >= 11 is 0. The first-order chi connectivity index (χ1) is 13.0. The highest BCUT2D eigenvalue weighted by molar-refractivity contribution is 14.0. The summed E-state index contributed by atoms with van der Waals surface area (Å²) in [5, 5.41) is 6.70. The van der Waals surface area contributed by atoms with E-state index in [1.165, 1.54) is 6.42 Å². The first-order valence-electron chi connectivity index (χ1n) is 10.00. The lowest BCUT2D eigenvalue weighted by Gasteiger charge is -2.20. The molecule has 0 bridgehead atoms. The van der Waals surface area contributed by atoms with Crippen LogP contribution in [-0.2, 0) is 0 Å². The molecule has 1 rings (SSSR count). The van der Waals surface area contributed by atoms with E-state index in [1.807, 2.05) is 31.2 Å². The molecule has 0 aliphatic rings. The first kappa shape index (κ1) is 26.8. The van der Waals surface area contributed by atoms with Crippen LogP contribution in [-0.4, -0.2) is 63.3 Å². The number of unbranched alkanes of at least 4 members (excludes halogenated alkanes) is 1. The van der Waals surface area contributed by atoms with E-state index in [0.717, 1.165) is 43.5 Å². The third kappa shape index (κ3) is 10.9. The number of hydrogen-bond acceptors (Lipinski definition) is 4. The Hall–Kier alpha value is -1.22. The van der Waals surface area contributed by atoms with Crippen LogP contribution in [0.4, 0.5) is 0 Å². The van der Waals surface area contributed by atoms with E-state index in [0.29, 0.717) is 12.6 Å². The van der Waals surface area contributed by atoms with E-state index in [-0.39, 0.29) is 30.1 Å². The number of hydrogen-bond donors (Lipinski definition) is 2. The zero-order chi connectivity index (χ0) is 20.1. The summed E-state index contributed by atoms with van der Waals surface area (Å²) in [4.78, 5) is 7.02. The summed E-state index contributed by atoms with van der Waals surface area (Å²) in [5.74, 6) is 2.32. The van der Waals surface area contributed by atoms with Crippen LogP contribution in [0.15, 0.2) is 29.3 Å². The van der Waals surface area contributed by atoms with Crippen LogP contribution in [0.3, 0.4) is 0 Å². The van der Waals surface area contributed by atoms with Gasteiger partial charge in [0.25, 0.3) is 0 Å². The molecule has 0 heterocycles. The normalized spacial score (nSPS) is 12.5. The fourth-order valence-corrected chi connectivity index (χ4v) is 2.48. The quantitative estimate of drug-likeness (QED) is 0.196. The van der Waals surface area contributed by atoms with Crippen LogP contribution in [0.1, 0.15) is 40.5 Å². The van der Waals surface area contributed by atoms with Crippen molar-refractivity contribution in [1.29, 1.82) is 0 Å². The summed E-state index contributed by atoms with van der Waals surface area (Å²) in [6.07, 6.45) is 2.25. The number of halogens is 1. The van der Waals surface area contributed by atoms with E-state index < -0.39 is 0 Å². The number of nitrogens with one attached hydrogen (secondary N) is 2. The minimum atomic E-state index is -0.0450. The van der Waals surface area contributed by atoms with E-state index in [4.69, 9.17) is 9.47 Å². The Morgan fingerprint density at radius 1 is 1.11 bits per heavy atom. The topological polar surface area (TPSA) is 58.1 Å². The van der Waals surface area contributed by atoms with Gasteiger partial charge in [-0.2, -0.15) is 0 Å². The molecular weight excluding hydrogens is 467 g/mol. The maximum Gasteiger partial charge on any atom is 0.191 e. The van der Waals surface area contributed by atoms with Crippen LogP contribution >= 0.6 is 24.0 Å². The minimum absolute atomic E-state index is 0. The van der Waals surface area contributed by atoms with Crippen molar-refractivity contribution in [3.63, 3.8) is 0 Å². The molecule has 0 spiro atoms. The molecule has 0 amide bonds. The second-order valence-electron chi connectivity index (χ2n) is 7.01. The molecule has 1 aromatic carbocycles. The molecule has 0 aromatic heterocycles. The first-order valence-corrected chi connectivity index (χ1v) is 10.00. The molecule has 0 saturated carbocycles. The smallest absolute Gasteiger partial charge is 0.191 e. The fraction of sp³-hybridized carbons (Fsp3) is 0.667. The molecule has 0 radical (unpaired) electrons. The standard InChI is InChI=1S/C21H38N4O2.HI/c1-7-22-21(23-14-10-11-15-25(5)17(2)3)24-16-18(4)27-20-13-9-8-12-19(20)26-6;/h8-9,12-13,17-18H,7,10-11,14-16H2,1-6H3,(H2,22,23,24);1H. The Morgan fingerprint density at radius 3 is 2.39 bits per heavy atom. The second-order valence-corrected chi connectivity index (χ2v) is 7.01. The van der Waals surface area contributed by atoms with E-state index in [9.17, 15) is 0 Å². The van der Waals surface area contributed by atoms with Crippen molar-refractivity contribution < 1.29 is 9.47 Å². The zero-order valence-corrected chi connectivity index (χ0v) is 20.7. The third-order valence-electron chi connectivity index (χ3n) is 4.36. The van der Waals surface area contributed by atoms with Gasteiger partial charge < -0.3 is 25.0 Å². The largest absolute Gasteiger partial charge is 0.493 e. The Labute approximate surface area is 188 Å². The van der Waals surface area contributed by atoms with Crippen LogP contribution < -0.4 is 20.1 Å². The van der Waals surface area contributed by atoms with Gasteiger partial charge in [-0.1, -0.05) is 12.1 Å². The molecule has 7 heteroatoms. The van der Waals surface area contributed by atoms with Crippen molar-refractivity contribution in [2.75, 3.05) is 40.3 Å². The molecular formula is C21H39IN4O2. The molecule has 0 aliphatic carbocycles. The van der Waals surface area contributed by atoms with Crippen molar-refractivity contribution in [1.82, 2.24) is 15.5 Å². The number of nitrogens with zero attached hydrogens (tertiary/aromatic N) is 2. The van der Waals surface area contributed by atoms with Crippen molar-refractivity contribution in [2.45, 2.75) is 52.7 Å². The van der Waals surface area contributed by atoms with E-state index >= 15 is 0 Å². The summed E-state index contributed by atoms with van der Waals surface area (Å²) in [6.45, 7) is 12.0. The molecule has 1 atom stereocenters. The zero-order valence-electron chi connectivity index (χ0n) is 18.3. The van der Waals surface area contributed by atoms with E-state index in [2.05, 4.69) is 48.3 Å². The molecule has 2 N–H and O–H groups in total. The van der Waals surface area contributed by atoms with Gasteiger partial charge in [0.2, 0.25) is 0 Å². The van der Waals surface area contributed by atoms with Gasteiger partial charge in [0.15, 0.2) is 17.5 Å². The van der Waals surface area contributed by atoms with Gasteiger partial charge in [-0.3, -0.25) is 0 Å². The van der Waals surface area contributed by atoms with Crippen LogP contribution in [0.2, 0.25) is 0 Å². The molecule has 0 fully saturated rings. The van der Waals surface area contributed by atoms with Gasteiger partial charge in [-0.15, -0.1) is 24.0 Å². The third-order valence-corrected chi connectivity index (χ3v) is 4.36. The summed E-state index contributed by atoms with van der Waals surface area (Å²) < 4.78 is 11.3. The average Bonchev–Trinajstić information content (AvgIpc) is 2.65. The molecule has 162 valence electrons. The van der Waals surface area contributed by atoms with Gasteiger partial charge in [-0.05, 0) is 66.3 Å². The maximum absolute atomic E-state index is 5.96. The SMILES string of the molecule is CCNC(=NCC(C)Oc1ccccc1OC)NCCCCN(C)C(C)C.I. The molecule has 6 nitrogen and oxygen atoms in total. The van der Waals surface area contributed by atoms with Gasteiger partial charge >= 0.3 is 0 Å². The molecule has 0 saturated heterocycles. The number of methoxy groups -OCH3 is 1. The number of ether oxygens (including phenoxy) is 2. The average molecular weight is 506 g/mol. The molecule has 0 aliphatic heterocycles. The van der Waals surface area contributed by atoms with Crippen molar-refractivity contribution >= 4 is 29.9 Å². The lowest BCUT2D eigenvalue weighted by atomic mass is 10.2. The Balaban J connectivity index is 0.00000729. The monoisotopic (exact) mass is 506 g/mol. The Morgan fingerprint density at radius 2 is 1.79 bits per heavy atom. The maximum atomic E-state index is 5.96. The second kappa shape index (κ2) is 15.7. The minimum Gasteiger partial charge on any atom is -0.493 e. The van der Waals surface area contributed by atoms with Crippen LogP contribution in [0.5, 0.6) is 11.5 Å². The highest BCUT2D eigenvalue weighted by atomic mass is 127. The van der Waals surface area contributed by atoms with Gasteiger partial charge in [0, 0.05) is 19.1 Å². The molecule has 1 unspecified atom stereocenters. The Kier molecular flexibility index (Phi) is 15.0. The number of benzene rings is 1. The summed E-state index contributed by atoms with van der Waals surface area (Å²) in [6, 6.07) is 8.28. The highest BCUT2D eigenvalue weighted by Crippen LogP contribution is 2.26. The number of aliphatic imine (C=N–C) groups is 1. The predicted molar refractivity (Wildman–Crippen MR) is 129 cm³/mol. The van der Waals surface area contributed by atoms with Crippen LogP contribution in [0, 0.1) is 0 Å². The number of para-hydroxylation sites is 2. The van der Waals surface area contributed by atoms with Crippen LogP contribution in [0.25, 0.3) is 0 Å². The Bertz CT molecular complexity index is 555. The van der Waals surface area contributed by atoms with Gasteiger partial charge in [0.1, 0.15) is 6.10 Å². The molecule has 1 aromatic rings. The fourth-order valence-electron chi connectivity index (χ4n) is 2.48. The molecule has 28 heavy (non-hydrogen) atoms. The number of rotatable bonds is 12. The van der Waals surface area contributed by atoms with Crippen molar-refractivity contribution in [3.8, 4) is 11.5 Å². The van der Waals surface area contributed by atoms with Gasteiger partial charge in [-0.25, -0.2) is 4.99 Å². The summed E-state index contributed by atoms with van der Waals surface area (Å²) in [5.41, 5.74) is 0. The summed E-state index contributed by atoms with van der Waals surface area (Å²) in [7, 11) is 3.82. The van der Waals surface area contributed by atoms with E-state index in [1.54, 1.807) is 7.11 Å². The van der Waals surface area contributed by atoms with Gasteiger partial charge in [0.05, 0.1) is 13.7 Å². The number of guanidine groups is 1.